The molecule has 3 aromatic rings. The first kappa shape index (κ1) is 21.7. The van der Waals surface area contributed by atoms with E-state index in [1.165, 1.54) is 6.92 Å². The molecule has 1 aromatic heterocycles. The number of hydrogen-bond donors (Lipinski definition) is 0. The first-order valence-corrected chi connectivity index (χ1v) is 11.2. The van der Waals surface area contributed by atoms with Crippen molar-refractivity contribution in [2.75, 3.05) is 7.11 Å². The molecule has 0 N–H and O–H groups in total. The van der Waals surface area contributed by atoms with Crippen LogP contribution in [0.3, 0.4) is 0 Å². The van der Waals surface area contributed by atoms with Crippen LogP contribution in [0.15, 0.2) is 34.9 Å². The number of hydrogen-bond acceptors (Lipinski definition) is 7. The zero-order valence-corrected chi connectivity index (χ0v) is 18.5. The predicted molar refractivity (Wildman–Crippen MR) is 113 cm³/mol. The Labute approximate surface area is 176 Å². The summed E-state index contributed by atoms with van der Waals surface area (Å²) in [6.07, 6.45) is 0. The molecule has 0 aliphatic rings. The Kier molecular flexibility index (Phi) is 6.07. The second kappa shape index (κ2) is 8.39. The minimum atomic E-state index is -3.60. The van der Waals surface area contributed by atoms with Gasteiger partial charge in [-0.25, -0.2) is 8.42 Å². The third-order valence-electron chi connectivity index (χ3n) is 4.99. The number of methoxy groups -OCH3 is 1. The van der Waals surface area contributed by atoms with Gasteiger partial charge in [-0.2, -0.15) is 4.98 Å². The van der Waals surface area contributed by atoms with Crippen molar-refractivity contribution in [3.63, 3.8) is 0 Å². The summed E-state index contributed by atoms with van der Waals surface area (Å²) in [6.45, 7) is 6.98. The molecule has 1 heterocycles. The van der Waals surface area contributed by atoms with E-state index in [1.54, 1.807) is 38.3 Å². The molecule has 30 heavy (non-hydrogen) atoms. The van der Waals surface area contributed by atoms with Crippen molar-refractivity contribution in [3.05, 3.63) is 64.0 Å². The zero-order valence-electron chi connectivity index (χ0n) is 17.6. The average Bonchev–Trinajstić information content (AvgIpc) is 3.12. The van der Waals surface area contributed by atoms with Crippen LogP contribution in [0.1, 0.15) is 45.4 Å². The van der Waals surface area contributed by atoms with Gasteiger partial charge in [-0.1, -0.05) is 23.4 Å². The second-order valence-corrected chi connectivity index (χ2v) is 9.39. The Morgan fingerprint density at radius 2 is 1.83 bits per heavy atom. The Morgan fingerprint density at radius 3 is 2.50 bits per heavy atom. The molecule has 0 atom stereocenters. The van der Waals surface area contributed by atoms with Crippen molar-refractivity contribution in [2.24, 2.45) is 0 Å². The summed E-state index contributed by atoms with van der Waals surface area (Å²) in [5.74, 6) is 0.276. The summed E-state index contributed by atoms with van der Waals surface area (Å²) in [5, 5.41) is 3.89. The van der Waals surface area contributed by atoms with Crippen molar-refractivity contribution in [3.8, 4) is 17.1 Å². The Morgan fingerprint density at radius 1 is 1.10 bits per heavy atom. The number of ether oxygens (including phenoxy) is 1. The molecule has 0 amide bonds. The van der Waals surface area contributed by atoms with E-state index >= 15 is 0 Å². The van der Waals surface area contributed by atoms with Gasteiger partial charge in [0.15, 0.2) is 15.6 Å². The van der Waals surface area contributed by atoms with E-state index in [1.807, 2.05) is 19.9 Å². The number of nitrogens with zero attached hydrogens (tertiary/aromatic N) is 2. The summed E-state index contributed by atoms with van der Waals surface area (Å²) in [7, 11) is -2.05. The maximum Gasteiger partial charge on any atom is 0.242 e. The van der Waals surface area contributed by atoms with Gasteiger partial charge >= 0.3 is 0 Å². The van der Waals surface area contributed by atoms with E-state index < -0.39 is 9.84 Å². The van der Waals surface area contributed by atoms with Crippen LogP contribution < -0.4 is 4.74 Å². The van der Waals surface area contributed by atoms with Crippen molar-refractivity contribution in [2.45, 2.75) is 39.2 Å². The molecule has 0 radical (unpaired) electrons. The molecule has 0 spiro atoms. The van der Waals surface area contributed by atoms with Crippen molar-refractivity contribution in [1.29, 1.82) is 0 Å². The lowest BCUT2D eigenvalue weighted by molar-refractivity contribution is 0.101. The number of ketones is 1. The zero-order chi connectivity index (χ0) is 22.1. The molecule has 0 bridgehead atoms. The topological polar surface area (TPSA) is 99.4 Å². The maximum absolute atomic E-state index is 12.9. The molecular weight excluding hydrogens is 404 g/mol. The van der Waals surface area contributed by atoms with Crippen LogP contribution in [0.25, 0.3) is 11.4 Å². The number of carbonyl (C=O) groups is 1. The summed E-state index contributed by atoms with van der Waals surface area (Å²) >= 11 is 0. The van der Waals surface area contributed by atoms with Crippen LogP contribution in [0.5, 0.6) is 5.75 Å². The van der Waals surface area contributed by atoms with Crippen molar-refractivity contribution >= 4 is 15.6 Å². The molecule has 2 aromatic carbocycles. The number of Topliss-reactive ketones (excluding diaryl/α,β-unsaturated/α-hetero) is 1. The third kappa shape index (κ3) is 4.59. The Bertz CT molecular complexity index is 1210. The van der Waals surface area contributed by atoms with Gasteiger partial charge in [0.05, 0.1) is 12.9 Å². The molecule has 8 heteroatoms. The molecule has 3 rings (SSSR count). The van der Waals surface area contributed by atoms with Gasteiger partial charge < -0.3 is 9.26 Å². The number of rotatable bonds is 7. The van der Waals surface area contributed by atoms with Crippen molar-refractivity contribution in [1.82, 2.24) is 10.1 Å². The van der Waals surface area contributed by atoms with Gasteiger partial charge in [-0.05, 0) is 62.1 Å². The summed E-state index contributed by atoms with van der Waals surface area (Å²) in [6, 6.07) is 8.95. The lowest BCUT2D eigenvalue weighted by Gasteiger charge is -2.15. The summed E-state index contributed by atoms with van der Waals surface area (Å²) in [4.78, 5) is 16.2. The molecule has 0 aliphatic heterocycles. The number of aryl methyl sites for hydroxylation is 2. The van der Waals surface area contributed by atoms with E-state index in [0.29, 0.717) is 33.8 Å². The predicted octanol–water partition coefficient (Wildman–Crippen LogP) is 3.99. The first-order valence-electron chi connectivity index (χ1n) is 9.39. The molecule has 0 saturated carbocycles. The standard InChI is InChI=1S/C22H24N2O5S/c1-13-9-14(2)21(16(4)25)15(3)19(13)11-30(26,27)12-20-23-22(24-29-20)17-7-6-8-18(10-17)28-5/h6-10H,11-12H2,1-5H3. The van der Waals surface area contributed by atoms with E-state index in [0.717, 1.165) is 11.1 Å². The van der Waals surface area contributed by atoms with Crippen LogP contribution in [0.2, 0.25) is 0 Å². The quantitative estimate of drug-likeness (QED) is 0.525. The molecule has 0 aliphatic carbocycles. The van der Waals surface area contributed by atoms with Gasteiger partial charge in [-0.15, -0.1) is 0 Å². The largest absolute Gasteiger partial charge is 0.497 e. The van der Waals surface area contributed by atoms with Gasteiger partial charge in [0, 0.05) is 11.1 Å². The molecule has 158 valence electrons. The highest BCUT2D eigenvalue weighted by atomic mass is 32.2. The van der Waals surface area contributed by atoms with Gasteiger partial charge in [0.1, 0.15) is 11.5 Å². The SMILES string of the molecule is COc1cccc(-c2noc(CS(=O)(=O)Cc3c(C)cc(C)c(C(C)=O)c3C)n2)c1. The highest BCUT2D eigenvalue weighted by molar-refractivity contribution is 7.89. The van der Waals surface area contributed by atoms with Crippen LogP contribution in [-0.2, 0) is 21.3 Å². The van der Waals surface area contributed by atoms with E-state index in [9.17, 15) is 13.2 Å². The normalized spacial score (nSPS) is 11.5. The first-order chi connectivity index (χ1) is 14.1. The molecular formula is C22H24N2O5S. The van der Waals surface area contributed by atoms with E-state index in [2.05, 4.69) is 10.1 Å². The van der Waals surface area contributed by atoms with Gasteiger partial charge in [0.25, 0.3) is 0 Å². The van der Waals surface area contributed by atoms with Crippen LogP contribution in [0.4, 0.5) is 0 Å². The van der Waals surface area contributed by atoms with Crippen LogP contribution in [-0.4, -0.2) is 31.5 Å². The fraction of sp³-hybridized carbons (Fsp3) is 0.318. The lowest BCUT2D eigenvalue weighted by atomic mass is 9.92. The molecule has 7 nitrogen and oxygen atoms in total. The van der Waals surface area contributed by atoms with Crippen molar-refractivity contribution < 1.29 is 22.5 Å². The van der Waals surface area contributed by atoms with Crippen LogP contribution >= 0.6 is 0 Å². The summed E-state index contributed by atoms with van der Waals surface area (Å²) in [5.41, 5.74) is 4.26. The number of carbonyl (C=O) groups excluding carboxylic acids is 1. The van der Waals surface area contributed by atoms with E-state index in [-0.39, 0.29) is 23.2 Å². The minimum Gasteiger partial charge on any atom is -0.497 e. The Balaban J connectivity index is 1.86. The summed E-state index contributed by atoms with van der Waals surface area (Å²) < 4.78 is 36.1. The third-order valence-corrected chi connectivity index (χ3v) is 6.40. The molecule has 0 fully saturated rings. The molecule has 0 unspecified atom stereocenters. The fourth-order valence-corrected chi connectivity index (χ4v) is 5.12. The highest BCUT2D eigenvalue weighted by Crippen LogP contribution is 2.26. The number of aromatic nitrogens is 2. The number of benzene rings is 2. The molecule has 0 saturated heterocycles. The van der Waals surface area contributed by atoms with Gasteiger partial charge in [-0.3, -0.25) is 4.79 Å². The maximum atomic E-state index is 12.9. The smallest absolute Gasteiger partial charge is 0.242 e. The van der Waals surface area contributed by atoms with E-state index in [4.69, 9.17) is 9.26 Å². The number of sulfone groups is 1. The van der Waals surface area contributed by atoms with Gasteiger partial charge in [0.2, 0.25) is 11.7 Å². The second-order valence-electron chi connectivity index (χ2n) is 7.32. The highest BCUT2D eigenvalue weighted by Gasteiger charge is 2.23. The minimum absolute atomic E-state index is 0.0158. The average molecular weight is 429 g/mol. The Hall–Kier alpha value is -3.00. The monoisotopic (exact) mass is 428 g/mol. The van der Waals surface area contributed by atoms with Crippen LogP contribution in [0, 0.1) is 20.8 Å². The fourth-order valence-electron chi connectivity index (χ4n) is 3.64. The lowest BCUT2D eigenvalue weighted by Crippen LogP contribution is -2.13.